The number of hydrogen-bond donors (Lipinski definition) is 1. The van der Waals surface area contributed by atoms with Gasteiger partial charge < -0.3 is 29.4 Å². The van der Waals surface area contributed by atoms with Crippen LogP contribution in [0.25, 0.3) is 0 Å². The first kappa shape index (κ1) is 31.8. The maximum Gasteiger partial charge on any atom is 0.311 e. The molecule has 1 aliphatic rings. The summed E-state index contributed by atoms with van der Waals surface area (Å²) in [6, 6.07) is 0. The van der Waals surface area contributed by atoms with Crippen molar-refractivity contribution in [3.63, 3.8) is 0 Å². The third kappa shape index (κ3) is 8.73. The molecule has 10 heteroatoms. The number of ether oxygens (including phenoxy) is 5. The van der Waals surface area contributed by atoms with Gasteiger partial charge in [0.1, 0.15) is 18.9 Å². The maximum absolute atomic E-state index is 12.9. The van der Waals surface area contributed by atoms with E-state index in [1.165, 1.54) is 0 Å². The molecule has 1 aliphatic heterocycles. The van der Waals surface area contributed by atoms with Crippen LogP contribution in [-0.2, 0) is 42.9 Å². The van der Waals surface area contributed by atoms with Crippen molar-refractivity contribution >= 4 is 23.9 Å². The molecule has 0 aliphatic carbocycles. The van der Waals surface area contributed by atoms with Gasteiger partial charge in [0, 0.05) is 0 Å². The fourth-order valence-electron chi connectivity index (χ4n) is 2.76. The molecule has 0 bridgehead atoms. The highest BCUT2D eigenvalue weighted by Gasteiger charge is 2.53. The highest BCUT2D eigenvalue weighted by atomic mass is 16.7. The Morgan fingerprint density at radius 1 is 0.583 bits per heavy atom. The van der Waals surface area contributed by atoms with Gasteiger partial charge >= 0.3 is 23.9 Å². The maximum atomic E-state index is 12.9. The molecule has 5 atom stereocenters. The molecule has 0 aromatic rings. The summed E-state index contributed by atoms with van der Waals surface area (Å²) in [5.74, 6) is -2.36. The summed E-state index contributed by atoms with van der Waals surface area (Å²) in [7, 11) is 0. The summed E-state index contributed by atoms with van der Waals surface area (Å²) in [5.41, 5.74) is 2.71. The lowest BCUT2D eigenvalue weighted by atomic mass is 9.92. The second kappa shape index (κ2) is 11.0. The van der Waals surface area contributed by atoms with E-state index in [1.54, 1.807) is 83.1 Å². The van der Waals surface area contributed by atoms with E-state index in [0.717, 1.165) is 0 Å². The number of esters is 4. The molecule has 0 aromatic carbocycles. The van der Waals surface area contributed by atoms with Crippen molar-refractivity contribution in [2.75, 3.05) is 6.61 Å². The lowest BCUT2D eigenvalue weighted by molar-refractivity contribution is -0.259. The summed E-state index contributed by atoms with van der Waals surface area (Å²) in [5, 5.41) is 0. The number of hydrogen-bond acceptors (Lipinski definition) is 10. The van der Waals surface area contributed by atoms with Crippen molar-refractivity contribution in [3.05, 3.63) is 0 Å². The van der Waals surface area contributed by atoms with E-state index in [2.05, 4.69) is 0 Å². The molecule has 208 valence electrons. The van der Waals surface area contributed by atoms with Crippen molar-refractivity contribution in [2.45, 2.75) is 114 Å². The molecule has 0 aromatic heterocycles. The summed E-state index contributed by atoms with van der Waals surface area (Å²) in [6.45, 7) is 19.7. The minimum Gasteiger partial charge on any atom is -0.462 e. The Hall–Kier alpha value is -2.20. The van der Waals surface area contributed by atoms with Crippen molar-refractivity contribution in [2.24, 2.45) is 27.4 Å². The Kier molecular flexibility index (Phi) is 9.77. The fraction of sp³-hybridized carbons (Fsp3) is 0.846. The van der Waals surface area contributed by atoms with Crippen LogP contribution in [0.4, 0.5) is 0 Å². The molecular weight excluding hydrogens is 470 g/mol. The largest absolute Gasteiger partial charge is 0.462 e. The molecule has 1 heterocycles. The first-order chi connectivity index (χ1) is 16.0. The molecule has 10 nitrogen and oxygen atoms in total. The number of carbonyl (C=O) groups is 4. The molecule has 1 saturated heterocycles. The van der Waals surface area contributed by atoms with E-state index < -0.39 is 76.2 Å². The van der Waals surface area contributed by atoms with Crippen LogP contribution < -0.4 is 5.73 Å². The minimum atomic E-state index is -1.31. The van der Waals surface area contributed by atoms with Crippen LogP contribution >= 0.6 is 0 Å². The summed E-state index contributed by atoms with van der Waals surface area (Å²) >= 11 is 0. The number of nitrogens with two attached hydrogens (primary N) is 1. The highest BCUT2D eigenvalue weighted by Crippen LogP contribution is 2.32. The van der Waals surface area contributed by atoms with E-state index in [0.29, 0.717) is 0 Å². The van der Waals surface area contributed by atoms with E-state index in [1.807, 2.05) is 0 Å². The molecule has 2 N–H and O–H groups in total. The Balaban J connectivity index is 3.50. The van der Waals surface area contributed by atoms with Crippen LogP contribution in [0.15, 0.2) is 0 Å². The Morgan fingerprint density at radius 2 is 0.917 bits per heavy atom. The average molecular weight is 516 g/mol. The third-order valence-electron chi connectivity index (χ3n) is 5.23. The van der Waals surface area contributed by atoms with Crippen LogP contribution in [0.1, 0.15) is 83.1 Å². The Bertz CT molecular complexity index is 824. The van der Waals surface area contributed by atoms with Crippen LogP contribution in [0.5, 0.6) is 0 Å². The molecule has 1 rings (SSSR count). The van der Waals surface area contributed by atoms with Gasteiger partial charge in [-0.15, -0.1) is 0 Å². The van der Waals surface area contributed by atoms with Gasteiger partial charge in [0.2, 0.25) is 0 Å². The normalized spacial score (nSPS) is 25.5. The molecule has 1 fully saturated rings. The predicted octanol–water partition coefficient (Wildman–Crippen LogP) is 3.13. The first-order valence-electron chi connectivity index (χ1n) is 12.2. The fourth-order valence-corrected chi connectivity index (χ4v) is 2.76. The van der Waals surface area contributed by atoms with Gasteiger partial charge in [-0.05, 0) is 83.1 Å². The zero-order valence-electron chi connectivity index (χ0n) is 23.8. The summed E-state index contributed by atoms with van der Waals surface area (Å²) in [6.07, 6.45) is -6.20. The van der Waals surface area contributed by atoms with Gasteiger partial charge in [0.05, 0.1) is 21.7 Å². The molecule has 1 unspecified atom stereocenters. The van der Waals surface area contributed by atoms with Crippen molar-refractivity contribution in [3.8, 4) is 0 Å². The Labute approximate surface area is 214 Å². The quantitative estimate of drug-likeness (QED) is 0.429. The molecule has 0 saturated carbocycles. The highest BCUT2D eigenvalue weighted by molar-refractivity contribution is 5.78. The van der Waals surface area contributed by atoms with Gasteiger partial charge in [-0.1, -0.05) is 0 Å². The topological polar surface area (TPSA) is 140 Å². The smallest absolute Gasteiger partial charge is 0.311 e. The Morgan fingerprint density at radius 3 is 1.28 bits per heavy atom. The lowest BCUT2D eigenvalue weighted by Gasteiger charge is -2.45. The third-order valence-corrected chi connectivity index (χ3v) is 5.23. The van der Waals surface area contributed by atoms with E-state index in [-0.39, 0.29) is 6.61 Å². The van der Waals surface area contributed by atoms with E-state index in [4.69, 9.17) is 29.4 Å². The van der Waals surface area contributed by atoms with Gasteiger partial charge in [0.15, 0.2) is 18.3 Å². The average Bonchev–Trinajstić information content (AvgIpc) is 2.67. The summed E-state index contributed by atoms with van der Waals surface area (Å²) < 4.78 is 28.5. The van der Waals surface area contributed by atoms with Crippen LogP contribution in [0.2, 0.25) is 0 Å². The van der Waals surface area contributed by atoms with Crippen molar-refractivity contribution < 1.29 is 42.9 Å². The predicted molar refractivity (Wildman–Crippen MR) is 131 cm³/mol. The standard InChI is InChI=1S/C26H45NO9/c1-23(2,3)19(28)32-13-14-15(34-20(29)24(4,5)6)16(35-21(30)25(7,8)9)17(18(27)33-14)36-22(31)26(10,11)12/h14-18H,13,27H2,1-12H3/t14-,15-,16+,17-,18?/m1/s1. The zero-order valence-corrected chi connectivity index (χ0v) is 23.8. The van der Waals surface area contributed by atoms with E-state index in [9.17, 15) is 19.2 Å². The second-order valence-corrected chi connectivity index (χ2v) is 13.3. The molecule has 0 radical (unpaired) electrons. The second-order valence-electron chi connectivity index (χ2n) is 13.3. The SMILES string of the molecule is CC(C)(C)C(=O)OC[C@H]1OC(N)[C@H](OC(=O)C(C)(C)C)[C@@H](OC(=O)C(C)(C)C)[C@@H]1OC(=O)C(C)(C)C. The molecule has 36 heavy (non-hydrogen) atoms. The van der Waals surface area contributed by atoms with Crippen LogP contribution in [0, 0.1) is 21.7 Å². The van der Waals surface area contributed by atoms with Crippen molar-refractivity contribution in [1.29, 1.82) is 0 Å². The molecular formula is C26H45NO9. The van der Waals surface area contributed by atoms with Crippen LogP contribution in [0.3, 0.4) is 0 Å². The minimum absolute atomic E-state index is 0.324. The monoisotopic (exact) mass is 515 g/mol. The molecule has 0 amide bonds. The number of carbonyl (C=O) groups excluding carboxylic acids is 4. The van der Waals surface area contributed by atoms with Gasteiger partial charge in [-0.25, -0.2) is 0 Å². The van der Waals surface area contributed by atoms with E-state index >= 15 is 0 Å². The van der Waals surface area contributed by atoms with Gasteiger partial charge in [-0.2, -0.15) is 0 Å². The van der Waals surface area contributed by atoms with Crippen molar-refractivity contribution in [1.82, 2.24) is 0 Å². The van der Waals surface area contributed by atoms with Gasteiger partial charge in [-0.3, -0.25) is 19.2 Å². The number of rotatable bonds is 5. The van der Waals surface area contributed by atoms with Crippen LogP contribution in [-0.4, -0.2) is 61.1 Å². The zero-order chi connectivity index (χ0) is 28.4. The summed E-state index contributed by atoms with van der Waals surface area (Å²) in [4.78, 5) is 51.0. The van der Waals surface area contributed by atoms with Gasteiger partial charge in [0.25, 0.3) is 0 Å². The lowest BCUT2D eigenvalue weighted by Crippen LogP contribution is -2.65. The first-order valence-corrected chi connectivity index (χ1v) is 12.2. The molecule has 0 spiro atoms.